The zero-order valence-corrected chi connectivity index (χ0v) is 7.82. The summed E-state index contributed by atoms with van der Waals surface area (Å²) in [4.78, 5) is 3.71. The molecular weight excluding hydrogens is 211 g/mol. The third kappa shape index (κ3) is 2.96. The largest absolute Gasteiger partial charge is 0.433 e. The van der Waals surface area contributed by atoms with E-state index in [2.05, 4.69) is 10.9 Å². The number of hydrogen-bond acceptors (Lipinski definition) is 2. The first-order chi connectivity index (χ1) is 6.54. The van der Waals surface area contributed by atoms with E-state index < -0.39 is 11.9 Å². The van der Waals surface area contributed by atoms with Crippen LogP contribution in [0.15, 0.2) is 23.2 Å². The van der Waals surface area contributed by atoms with Crippen LogP contribution in [0.4, 0.5) is 13.2 Å². The van der Waals surface area contributed by atoms with Crippen molar-refractivity contribution in [2.45, 2.75) is 11.1 Å². The Hall–Kier alpha value is -1.15. The normalized spacial score (nSPS) is 11.0. The predicted molar refractivity (Wildman–Crippen MR) is 48.8 cm³/mol. The maximum Gasteiger partial charge on any atom is 0.433 e. The van der Waals surface area contributed by atoms with E-state index in [1.807, 2.05) is 0 Å². The molecular formula is C9H6F3NS. The molecule has 1 aromatic rings. The van der Waals surface area contributed by atoms with Crippen molar-refractivity contribution < 1.29 is 13.2 Å². The van der Waals surface area contributed by atoms with Gasteiger partial charge in [-0.1, -0.05) is 5.92 Å². The van der Waals surface area contributed by atoms with Gasteiger partial charge < -0.3 is 0 Å². The molecule has 0 spiro atoms. The Bertz CT molecular complexity index is 354. The van der Waals surface area contributed by atoms with Crippen LogP contribution in [0.5, 0.6) is 0 Å². The molecule has 0 unspecified atom stereocenters. The van der Waals surface area contributed by atoms with Gasteiger partial charge in [0.05, 0.1) is 5.75 Å². The Morgan fingerprint density at radius 1 is 1.50 bits per heavy atom. The maximum absolute atomic E-state index is 12.2. The highest BCUT2D eigenvalue weighted by Crippen LogP contribution is 2.29. The molecule has 0 saturated heterocycles. The molecule has 1 aromatic heterocycles. The van der Waals surface area contributed by atoms with Crippen molar-refractivity contribution in [3.8, 4) is 12.3 Å². The Balaban J connectivity index is 2.86. The smallest absolute Gasteiger partial charge is 0.252 e. The molecule has 0 atom stereocenters. The van der Waals surface area contributed by atoms with E-state index in [9.17, 15) is 13.2 Å². The summed E-state index contributed by atoms with van der Waals surface area (Å²) in [6.45, 7) is 0. The summed E-state index contributed by atoms with van der Waals surface area (Å²) in [5.41, 5.74) is -0.889. The van der Waals surface area contributed by atoms with Crippen LogP contribution in [-0.2, 0) is 6.18 Å². The van der Waals surface area contributed by atoms with Crippen LogP contribution in [-0.4, -0.2) is 10.7 Å². The molecule has 14 heavy (non-hydrogen) atoms. The second-order valence-electron chi connectivity index (χ2n) is 2.37. The van der Waals surface area contributed by atoms with E-state index in [4.69, 9.17) is 6.42 Å². The standard InChI is InChI=1S/C9H6F3NS/c1-2-5-14-7-3-4-13-8(6-7)9(10,11)12/h1,3-4,6H,5H2. The molecule has 0 bridgehead atoms. The van der Waals surface area contributed by atoms with Crippen LogP contribution < -0.4 is 0 Å². The summed E-state index contributed by atoms with van der Waals surface area (Å²) >= 11 is 1.17. The van der Waals surface area contributed by atoms with Gasteiger partial charge in [-0.05, 0) is 12.1 Å². The van der Waals surface area contributed by atoms with Crippen molar-refractivity contribution in [3.63, 3.8) is 0 Å². The second-order valence-corrected chi connectivity index (χ2v) is 3.42. The summed E-state index contributed by atoms with van der Waals surface area (Å²) in [6, 6.07) is 2.49. The van der Waals surface area contributed by atoms with Gasteiger partial charge in [0.2, 0.25) is 0 Å². The van der Waals surface area contributed by atoms with Crippen LogP contribution in [0.2, 0.25) is 0 Å². The van der Waals surface area contributed by atoms with Crippen molar-refractivity contribution in [2.24, 2.45) is 0 Å². The van der Waals surface area contributed by atoms with Crippen LogP contribution in [0.25, 0.3) is 0 Å². The monoisotopic (exact) mass is 217 g/mol. The second kappa shape index (κ2) is 4.38. The van der Waals surface area contributed by atoms with E-state index in [1.54, 1.807) is 0 Å². The molecule has 1 rings (SSSR count). The summed E-state index contributed by atoms with van der Waals surface area (Å²) < 4.78 is 36.5. The van der Waals surface area contributed by atoms with Gasteiger partial charge in [-0.2, -0.15) is 13.2 Å². The topological polar surface area (TPSA) is 12.9 Å². The maximum atomic E-state index is 12.2. The van der Waals surface area contributed by atoms with Crippen molar-refractivity contribution in [2.75, 3.05) is 5.75 Å². The van der Waals surface area contributed by atoms with Crippen LogP contribution >= 0.6 is 11.8 Å². The highest BCUT2D eigenvalue weighted by atomic mass is 32.2. The van der Waals surface area contributed by atoms with Gasteiger partial charge in [0, 0.05) is 11.1 Å². The fraction of sp³-hybridized carbons (Fsp3) is 0.222. The zero-order valence-electron chi connectivity index (χ0n) is 7.01. The summed E-state index contributed by atoms with van der Waals surface area (Å²) in [6.07, 6.45) is 1.72. The Morgan fingerprint density at radius 2 is 2.21 bits per heavy atom. The minimum absolute atomic E-state index is 0.349. The molecule has 74 valence electrons. The fourth-order valence-corrected chi connectivity index (χ4v) is 1.38. The lowest BCUT2D eigenvalue weighted by molar-refractivity contribution is -0.141. The lowest BCUT2D eigenvalue weighted by Crippen LogP contribution is -2.07. The predicted octanol–water partition coefficient (Wildman–Crippen LogP) is 2.83. The molecule has 0 aliphatic carbocycles. The molecule has 0 fully saturated rings. The van der Waals surface area contributed by atoms with Gasteiger partial charge in [-0.3, -0.25) is 4.98 Å². The Kier molecular flexibility index (Phi) is 3.42. The van der Waals surface area contributed by atoms with Gasteiger partial charge >= 0.3 is 6.18 Å². The molecule has 0 radical (unpaired) electrons. The number of halogens is 3. The van der Waals surface area contributed by atoms with Crippen LogP contribution in [0, 0.1) is 12.3 Å². The Labute approximate surface area is 83.7 Å². The number of rotatable bonds is 2. The minimum atomic E-state index is -4.40. The van der Waals surface area contributed by atoms with Gasteiger partial charge in [-0.15, -0.1) is 18.2 Å². The van der Waals surface area contributed by atoms with E-state index in [0.29, 0.717) is 10.6 Å². The van der Waals surface area contributed by atoms with Gasteiger partial charge in [0.1, 0.15) is 5.69 Å². The average Bonchev–Trinajstić information content (AvgIpc) is 2.14. The lowest BCUT2D eigenvalue weighted by atomic mass is 10.3. The molecule has 5 heteroatoms. The molecule has 0 saturated carbocycles. The van der Waals surface area contributed by atoms with Gasteiger partial charge in [0.25, 0.3) is 0 Å². The van der Waals surface area contributed by atoms with Crippen molar-refractivity contribution >= 4 is 11.8 Å². The summed E-state index contributed by atoms with van der Waals surface area (Å²) in [5.74, 6) is 2.68. The van der Waals surface area contributed by atoms with E-state index in [1.165, 1.54) is 17.8 Å². The van der Waals surface area contributed by atoms with E-state index in [-0.39, 0.29) is 0 Å². The van der Waals surface area contributed by atoms with Gasteiger partial charge in [-0.25, -0.2) is 0 Å². The molecule has 0 amide bonds. The quantitative estimate of drug-likeness (QED) is 0.558. The average molecular weight is 217 g/mol. The minimum Gasteiger partial charge on any atom is -0.252 e. The van der Waals surface area contributed by atoms with E-state index >= 15 is 0 Å². The molecule has 0 aliphatic heterocycles. The number of hydrogen-bond donors (Lipinski definition) is 0. The number of pyridine rings is 1. The number of nitrogens with zero attached hydrogens (tertiary/aromatic N) is 1. The third-order valence-corrected chi connectivity index (χ3v) is 2.24. The van der Waals surface area contributed by atoms with Crippen molar-refractivity contribution in [1.29, 1.82) is 0 Å². The summed E-state index contributed by atoms with van der Waals surface area (Å²) in [7, 11) is 0. The molecule has 1 heterocycles. The van der Waals surface area contributed by atoms with Crippen molar-refractivity contribution in [3.05, 3.63) is 24.0 Å². The van der Waals surface area contributed by atoms with Crippen molar-refractivity contribution in [1.82, 2.24) is 4.98 Å². The number of thioether (sulfide) groups is 1. The number of terminal acetylenes is 1. The van der Waals surface area contributed by atoms with E-state index in [0.717, 1.165) is 12.3 Å². The SMILES string of the molecule is C#CCSc1ccnc(C(F)(F)F)c1. The molecule has 0 aliphatic rings. The van der Waals surface area contributed by atoms with Crippen LogP contribution in [0.1, 0.15) is 5.69 Å². The number of alkyl halides is 3. The fourth-order valence-electron chi connectivity index (χ4n) is 0.781. The summed E-state index contributed by atoms with van der Waals surface area (Å²) in [5, 5.41) is 0. The first kappa shape index (κ1) is 10.9. The van der Waals surface area contributed by atoms with Crippen LogP contribution in [0.3, 0.4) is 0 Å². The first-order valence-electron chi connectivity index (χ1n) is 3.63. The molecule has 1 nitrogen and oxygen atoms in total. The Morgan fingerprint density at radius 3 is 2.79 bits per heavy atom. The zero-order chi connectivity index (χ0) is 10.6. The first-order valence-corrected chi connectivity index (χ1v) is 4.62. The lowest BCUT2D eigenvalue weighted by Gasteiger charge is -2.06. The molecule has 0 N–H and O–H groups in total. The van der Waals surface area contributed by atoms with Gasteiger partial charge in [0.15, 0.2) is 0 Å². The highest BCUT2D eigenvalue weighted by molar-refractivity contribution is 7.99. The number of aromatic nitrogens is 1. The third-order valence-electron chi connectivity index (χ3n) is 1.34. The molecule has 0 aromatic carbocycles. The highest BCUT2D eigenvalue weighted by Gasteiger charge is 2.32.